The van der Waals surface area contributed by atoms with Crippen LogP contribution in [0.15, 0.2) is 12.7 Å². The van der Waals surface area contributed by atoms with Crippen molar-refractivity contribution < 1.29 is 9.36 Å². The standard InChI is InChI=1S/C7H10NO2P/c1-2-7(9)8-5-3-4-6-11-10/h2H,1,3-5H2,(H,8,9). The van der Waals surface area contributed by atoms with Crippen molar-refractivity contribution in [2.24, 2.45) is 0 Å². The Hall–Kier alpha value is -0.780. The van der Waals surface area contributed by atoms with Crippen LogP contribution in [0.4, 0.5) is 0 Å². The molecule has 0 spiro atoms. The summed E-state index contributed by atoms with van der Waals surface area (Å²) in [6, 6.07) is 0. The Kier molecular flexibility index (Phi) is 6.81. The van der Waals surface area contributed by atoms with E-state index in [1.807, 2.05) is 0 Å². The second kappa shape index (κ2) is 7.33. The molecular formula is C7H10NO2P. The van der Waals surface area contributed by atoms with Crippen LogP contribution in [0.3, 0.4) is 0 Å². The molecule has 60 valence electrons. The van der Waals surface area contributed by atoms with Gasteiger partial charge in [0, 0.05) is 0 Å². The van der Waals surface area contributed by atoms with Gasteiger partial charge >= 0.3 is 66.2 Å². The van der Waals surface area contributed by atoms with Gasteiger partial charge in [-0.05, 0) is 0 Å². The summed E-state index contributed by atoms with van der Waals surface area (Å²) in [5, 5.41) is 2.59. The zero-order chi connectivity index (χ0) is 8.53. The first kappa shape index (κ1) is 10.2. The third kappa shape index (κ3) is 7.11. The van der Waals surface area contributed by atoms with Crippen LogP contribution in [0, 0.1) is 5.63 Å². The minimum absolute atomic E-state index is 0.0678. The summed E-state index contributed by atoms with van der Waals surface area (Å²) in [5.41, 5.74) is 2.58. The first-order valence-electron chi connectivity index (χ1n) is 3.26. The molecule has 4 heteroatoms. The average molecular weight is 171 g/mol. The molecule has 0 aromatic heterocycles. The van der Waals surface area contributed by atoms with E-state index in [9.17, 15) is 9.36 Å². The summed E-state index contributed by atoms with van der Waals surface area (Å²) >= 11 is 0. The van der Waals surface area contributed by atoms with Gasteiger partial charge in [-0.1, -0.05) is 0 Å². The molecule has 0 saturated carbocycles. The molecule has 0 fully saturated rings. The normalized spacial score (nSPS) is 8.00. The summed E-state index contributed by atoms with van der Waals surface area (Å²) in [4.78, 5) is 10.5. The molecule has 11 heavy (non-hydrogen) atoms. The molecule has 1 N–H and O–H groups in total. The number of amides is 1. The van der Waals surface area contributed by atoms with E-state index in [2.05, 4.69) is 17.5 Å². The quantitative estimate of drug-likeness (QED) is 0.394. The van der Waals surface area contributed by atoms with Gasteiger partial charge in [0.1, 0.15) is 0 Å². The van der Waals surface area contributed by atoms with Crippen molar-refractivity contribution in [2.75, 3.05) is 6.54 Å². The first-order chi connectivity index (χ1) is 5.31. The molecule has 0 heterocycles. The third-order valence-corrected chi connectivity index (χ3v) is 1.37. The first-order valence-corrected chi connectivity index (χ1v) is 4.08. The number of unbranched alkanes of at least 4 members (excludes halogenated alkanes) is 1. The Morgan fingerprint density at radius 2 is 2.45 bits per heavy atom. The Morgan fingerprint density at radius 3 is 3.00 bits per heavy atom. The summed E-state index contributed by atoms with van der Waals surface area (Å²) in [7, 11) is -0.0678. The van der Waals surface area contributed by atoms with Crippen LogP contribution in [0.2, 0.25) is 0 Å². The van der Waals surface area contributed by atoms with E-state index in [1.54, 1.807) is 0 Å². The van der Waals surface area contributed by atoms with Gasteiger partial charge in [-0.15, -0.1) is 0 Å². The molecule has 0 unspecified atom stereocenters. The molecule has 0 rings (SSSR count). The predicted octanol–water partition coefficient (Wildman–Crippen LogP) is 1.32. The molecule has 0 aliphatic rings. The van der Waals surface area contributed by atoms with Crippen molar-refractivity contribution in [3.63, 3.8) is 0 Å². The van der Waals surface area contributed by atoms with E-state index in [0.29, 0.717) is 13.0 Å². The molecule has 0 aliphatic carbocycles. The predicted molar refractivity (Wildman–Crippen MR) is 43.9 cm³/mol. The second-order valence-corrected chi connectivity index (χ2v) is 2.35. The van der Waals surface area contributed by atoms with Crippen LogP contribution in [0.25, 0.3) is 0 Å². The number of nitrogens with one attached hydrogen (secondary N) is 1. The average Bonchev–Trinajstić information content (AvgIpc) is 2.04. The molecule has 0 saturated heterocycles. The van der Waals surface area contributed by atoms with Crippen LogP contribution in [0.5, 0.6) is 0 Å². The van der Waals surface area contributed by atoms with E-state index in [0.717, 1.165) is 6.42 Å². The van der Waals surface area contributed by atoms with Gasteiger partial charge in [-0.3, -0.25) is 0 Å². The van der Waals surface area contributed by atoms with Gasteiger partial charge in [0.2, 0.25) is 0 Å². The molecular weight excluding hydrogens is 161 g/mol. The Labute approximate surface area is 67.0 Å². The maximum absolute atomic E-state index is 10.5. The van der Waals surface area contributed by atoms with Crippen molar-refractivity contribution in [1.82, 2.24) is 5.32 Å². The topological polar surface area (TPSA) is 46.2 Å². The number of hydrogen-bond acceptors (Lipinski definition) is 2. The maximum atomic E-state index is 10.5. The second-order valence-electron chi connectivity index (χ2n) is 1.85. The molecule has 3 nitrogen and oxygen atoms in total. The van der Waals surface area contributed by atoms with Gasteiger partial charge in [0.25, 0.3) is 0 Å². The van der Waals surface area contributed by atoms with Crippen molar-refractivity contribution in [3.05, 3.63) is 12.7 Å². The van der Waals surface area contributed by atoms with Crippen LogP contribution in [-0.2, 0) is 9.36 Å². The minimum atomic E-state index is -0.176. The Bertz CT molecular complexity index is 230. The van der Waals surface area contributed by atoms with E-state index in [1.165, 1.54) is 6.08 Å². The van der Waals surface area contributed by atoms with E-state index < -0.39 is 0 Å². The van der Waals surface area contributed by atoms with Crippen LogP contribution >= 0.6 is 7.92 Å². The molecule has 0 atom stereocenters. The molecule has 1 amide bonds. The van der Waals surface area contributed by atoms with E-state index in [-0.39, 0.29) is 13.8 Å². The summed E-state index contributed by atoms with van der Waals surface area (Å²) in [6.45, 7) is 3.87. The number of hydrogen-bond donors (Lipinski definition) is 1. The number of rotatable bonds is 4. The van der Waals surface area contributed by atoms with E-state index in [4.69, 9.17) is 0 Å². The summed E-state index contributed by atoms with van der Waals surface area (Å²) < 4.78 is 9.84. The number of carbonyl (C=O) groups excluding carboxylic acids is 1. The van der Waals surface area contributed by atoms with Crippen LogP contribution < -0.4 is 5.32 Å². The van der Waals surface area contributed by atoms with Gasteiger partial charge in [0.15, 0.2) is 0 Å². The zero-order valence-electron chi connectivity index (χ0n) is 6.17. The monoisotopic (exact) mass is 171 g/mol. The fourth-order valence-electron chi connectivity index (χ4n) is 0.497. The molecule has 0 aliphatic heterocycles. The zero-order valence-corrected chi connectivity index (χ0v) is 7.06. The van der Waals surface area contributed by atoms with Gasteiger partial charge in [-0.2, -0.15) is 0 Å². The van der Waals surface area contributed by atoms with Crippen LogP contribution in [-0.4, -0.2) is 12.5 Å². The van der Waals surface area contributed by atoms with Crippen LogP contribution in [0.1, 0.15) is 12.8 Å². The van der Waals surface area contributed by atoms with E-state index >= 15 is 0 Å². The summed E-state index contributed by atoms with van der Waals surface area (Å²) in [5.74, 6) is -0.176. The van der Waals surface area contributed by atoms with Gasteiger partial charge in [-0.25, -0.2) is 0 Å². The number of carbonyl (C=O) groups is 1. The third-order valence-electron chi connectivity index (χ3n) is 1.01. The SMILES string of the molecule is C=CC(=O)NCCCC#P=O. The van der Waals surface area contributed by atoms with Crippen molar-refractivity contribution >= 4 is 13.8 Å². The molecule has 0 radical (unpaired) electrons. The van der Waals surface area contributed by atoms with Crippen molar-refractivity contribution in [1.29, 1.82) is 0 Å². The Morgan fingerprint density at radius 1 is 1.73 bits per heavy atom. The fourth-order valence-corrected chi connectivity index (χ4v) is 0.746. The summed E-state index contributed by atoms with van der Waals surface area (Å²) in [6.07, 6.45) is 2.61. The molecule has 0 aromatic carbocycles. The molecule has 0 aromatic rings. The molecule has 0 bridgehead atoms. The fraction of sp³-hybridized carbons (Fsp3) is 0.429. The van der Waals surface area contributed by atoms with Crippen molar-refractivity contribution in [2.45, 2.75) is 12.8 Å². The Balaban J connectivity index is 3.25. The van der Waals surface area contributed by atoms with Crippen molar-refractivity contribution in [3.8, 4) is 5.63 Å². The van der Waals surface area contributed by atoms with Gasteiger partial charge in [0.05, 0.1) is 0 Å². The van der Waals surface area contributed by atoms with Gasteiger partial charge < -0.3 is 0 Å².